The van der Waals surface area contributed by atoms with E-state index in [0.29, 0.717) is 22.9 Å². The van der Waals surface area contributed by atoms with Crippen molar-refractivity contribution < 1.29 is 32.2 Å². The number of anilines is 1. The monoisotopic (exact) mass is 456 g/mol. The van der Waals surface area contributed by atoms with Crippen molar-refractivity contribution in [3.8, 4) is 17.2 Å². The Labute approximate surface area is 179 Å². The highest BCUT2D eigenvalue weighted by Gasteiger charge is 2.22. The molecular weight excluding hydrogens is 436 g/mol. The second-order valence-electron chi connectivity index (χ2n) is 5.90. The lowest BCUT2D eigenvalue weighted by molar-refractivity contribution is -0.119. The molecule has 9 nitrogen and oxygen atoms in total. The third-order valence-electron chi connectivity index (χ3n) is 3.97. The van der Waals surface area contributed by atoms with E-state index >= 15 is 0 Å². The first-order chi connectivity index (χ1) is 14.2. The summed E-state index contributed by atoms with van der Waals surface area (Å²) in [6.07, 6.45) is -0.0296. The molecule has 0 heterocycles. The van der Waals surface area contributed by atoms with Gasteiger partial charge in [0.1, 0.15) is 4.90 Å². The lowest BCUT2D eigenvalue weighted by Gasteiger charge is -2.15. The molecule has 0 atom stereocenters. The smallest absolute Gasteiger partial charge is 0.265 e. The van der Waals surface area contributed by atoms with Crippen LogP contribution in [0.1, 0.15) is 23.7 Å². The van der Waals surface area contributed by atoms with Crippen LogP contribution in [0.15, 0.2) is 35.2 Å². The molecule has 2 rings (SSSR count). The summed E-state index contributed by atoms with van der Waals surface area (Å²) in [6.45, 7) is 1.51. The van der Waals surface area contributed by atoms with Gasteiger partial charge in [-0.1, -0.05) is 18.5 Å². The average molecular weight is 457 g/mol. The summed E-state index contributed by atoms with van der Waals surface area (Å²) >= 11 is 5.98. The van der Waals surface area contributed by atoms with Crippen LogP contribution in [0.4, 0.5) is 5.69 Å². The van der Waals surface area contributed by atoms with Crippen LogP contribution in [0.5, 0.6) is 17.2 Å². The van der Waals surface area contributed by atoms with Gasteiger partial charge in [-0.3, -0.25) is 9.59 Å². The molecule has 2 aromatic carbocycles. The molecule has 0 aliphatic heterocycles. The maximum Gasteiger partial charge on any atom is 0.265 e. The Morgan fingerprint density at radius 1 is 1.00 bits per heavy atom. The number of methoxy groups -OCH3 is 3. The van der Waals surface area contributed by atoms with Crippen LogP contribution in [0.2, 0.25) is 5.02 Å². The first-order valence-electron chi connectivity index (χ1n) is 8.63. The predicted octanol–water partition coefficient (Wildman–Crippen LogP) is 2.83. The Balaban J connectivity index is 2.38. The molecule has 2 amide bonds. The first-order valence-corrected chi connectivity index (χ1v) is 10.5. The van der Waals surface area contributed by atoms with E-state index in [2.05, 4.69) is 5.32 Å². The number of nitrogens with one attached hydrogen (secondary N) is 2. The van der Waals surface area contributed by atoms with Gasteiger partial charge < -0.3 is 19.5 Å². The number of carbonyl (C=O) groups excluding carboxylic acids is 2. The van der Waals surface area contributed by atoms with Crippen LogP contribution < -0.4 is 24.2 Å². The molecule has 0 saturated heterocycles. The molecule has 0 aromatic heterocycles. The van der Waals surface area contributed by atoms with Crippen molar-refractivity contribution in [2.45, 2.75) is 18.2 Å². The van der Waals surface area contributed by atoms with E-state index in [-0.39, 0.29) is 21.9 Å². The molecule has 0 fully saturated rings. The number of rotatable bonds is 8. The fraction of sp³-hybridized carbons (Fsp3) is 0.263. The van der Waals surface area contributed by atoms with Crippen LogP contribution in [-0.4, -0.2) is 41.6 Å². The number of halogens is 1. The van der Waals surface area contributed by atoms with Crippen molar-refractivity contribution in [1.29, 1.82) is 0 Å². The van der Waals surface area contributed by atoms with E-state index in [9.17, 15) is 18.0 Å². The highest BCUT2D eigenvalue weighted by molar-refractivity contribution is 7.90. The summed E-state index contributed by atoms with van der Waals surface area (Å²) in [4.78, 5) is 23.8. The minimum absolute atomic E-state index is 0.0116. The van der Waals surface area contributed by atoms with Crippen LogP contribution in [0.3, 0.4) is 0 Å². The van der Waals surface area contributed by atoms with Gasteiger partial charge >= 0.3 is 0 Å². The normalized spacial score (nSPS) is 10.8. The molecule has 2 aromatic rings. The zero-order valence-electron chi connectivity index (χ0n) is 16.7. The summed E-state index contributed by atoms with van der Waals surface area (Å²) in [5.74, 6) is -0.301. The van der Waals surface area contributed by atoms with Gasteiger partial charge in [-0.05, 0) is 18.2 Å². The highest BCUT2D eigenvalue weighted by atomic mass is 35.5. The summed E-state index contributed by atoms with van der Waals surface area (Å²) in [5.41, 5.74) is 0.339. The SMILES string of the molecule is CCC(=O)NS(=O)(=O)c1cc(C(=O)Nc2cc(OC)c(OC)c(OC)c2)ccc1Cl. The molecule has 11 heteroatoms. The van der Waals surface area contributed by atoms with E-state index in [1.165, 1.54) is 52.5 Å². The van der Waals surface area contributed by atoms with Gasteiger partial charge in [-0.25, -0.2) is 13.1 Å². The number of ether oxygens (including phenoxy) is 3. The maximum absolute atomic E-state index is 12.7. The fourth-order valence-electron chi connectivity index (χ4n) is 2.48. The standard InChI is InChI=1S/C19H21ClN2O7S/c1-5-17(23)22-30(25,26)16-8-11(6-7-13(16)20)19(24)21-12-9-14(27-2)18(29-4)15(10-12)28-3/h6-10H,5H2,1-4H3,(H,21,24)(H,22,23). The second-order valence-corrected chi connectivity index (χ2v) is 7.95. The Morgan fingerprint density at radius 3 is 2.10 bits per heavy atom. The number of sulfonamides is 1. The van der Waals surface area contributed by atoms with Gasteiger partial charge in [-0.2, -0.15) is 0 Å². The number of amides is 2. The molecule has 0 aliphatic carbocycles. The molecule has 0 bridgehead atoms. The zero-order valence-corrected chi connectivity index (χ0v) is 18.3. The van der Waals surface area contributed by atoms with Crippen LogP contribution >= 0.6 is 11.6 Å². The van der Waals surface area contributed by atoms with Crippen LogP contribution in [-0.2, 0) is 14.8 Å². The molecule has 0 radical (unpaired) electrons. The van der Waals surface area contributed by atoms with Gasteiger partial charge in [-0.15, -0.1) is 0 Å². The van der Waals surface area contributed by atoms with Crippen molar-refractivity contribution in [3.63, 3.8) is 0 Å². The molecular formula is C19H21ClN2O7S. The minimum atomic E-state index is -4.23. The first kappa shape index (κ1) is 23.3. The zero-order chi connectivity index (χ0) is 22.5. The van der Waals surface area contributed by atoms with Crippen LogP contribution in [0.25, 0.3) is 0 Å². The molecule has 0 saturated carbocycles. The summed E-state index contributed by atoms with van der Waals surface area (Å²) < 4.78 is 42.4. The number of carbonyl (C=O) groups is 2. The summed E-state index contributed by atoms with van der Waals surface area (Å²) in [6, 6.07) is 6.75. The second kappa shape index (κ2) is 9.68. The molecule has 162 valence electrons. The van der Waals surface area contributed by atoms with Gasteiger partial charge in [0.05, 0.1) is 26.4 Å². The van der Waals surface area contributed by atoms with E-state index in [1.54, 1.807) is 0 Å². The third kappa shape index (κ3) is 5.14. The lowest BCUT2D eigenvalue weighted by Crippen LogP contribution is -2.30. The van der Waals surface area contributed by atoms with E-state index in [1.807, 2.05) is 4.72 Å². The van der Waals surface area contributed by atoms with E-state index in [0.717, 1.165) is 6.07 Å². The average Bonchev–Trinajstić information content (AvgIpc) is 2.72. The number of hydrogen-bond acceptors (Lipinski definition) is 7. The quantitative estimate of drug-likeness (QED) is 0.626. The molecule has 2 N–H and O–H groups in total. The minimum Gasteiger partial charge on any atom is -0.493 e. The summed E-state index contributed by atoms with van der Waals surface area (Å²) in [5, 5.41) is 2.50. The lowest BCUT2D eigenvalue weighted by atomic mass is 10.2. The predicted molar refractivity (Wildman–Crippen MR) is 111 cm³/mol. The van der Waals surface area contributed by atoms with Gasteiger partial charge in [0.2, 0.25) is 11.7 Å². The summed E-state index contributed by atoms with van der Waals surface area (Å²) in [7, 11) is 0.0892. The molecule has 0 unspecified atom stereocenters. The van der Waals surface area contributed by atoms with E-state index in [4.69, 9.17) is 25.8 Å². The highest BCUT2D eigenvalue weighted by Crippen LogP contribution is 2.40. The molecule has 0 spiro atoms. The largest absolute Gasteiger partial charge is 0.493 e. The Morgan fingerprint density at radius 2 is 1.60 bits per heavy atom. The number of hydrogen-bond donors (Lipinski definition) is 2. The van der Waals surface area contributed by atoms with Crippen molar-refractivity contribution in [2.75, 3.05) is 26.6 Å². The van der Waals surface area contributed by atoms with Gasteiger partial charge in [0.25, 0.3) is 15.9 Å². The van der Waals surface area contributed by atoms with Gasteiger partial charge in [0.15, 0.2) is 11.5 Å². The maximum atomic E-state index is 12.7. The third-order valence-corrected chi connectivity index (χ3v) is 5.83. The molecule has 30 heavy (non-hydrogen) atoms. The molecule has 0 aliphatic rings. The Kier molecular flexibility index (Phi) is 7.52. The fourth-order valence-corrected chi connectivity index (χ4v) is 4.07. The van der Waals surface area contributed by atoms with Gasteiger partial charge in [0, 0.05) is 29.8 Å². The van der Waals surface area contributed by atoms with Crippen molar-refractivity contribution in [2.24, 2.45) is 0 Å². The van der Waals surface area contributed by atoms with Crippen molar-refractivity contribution in [1.82, 2.24) is 4.72 Å². The Bertz CT molecular complexity index is 1050. The van der Waals surface area contributed by atoms with E-state index < -0.39 is 21.8 Å². The van der Waals surface area contributed by atoms with Crippen molar-refractivity contribution >= 4 is 39.1 Å². The van der Waals surface area contributed by atoms with Crippen LogP contribution in [0, 0.1) is 0 Å². The van der Waals surface area contributed by atoms with Crippen molar-refractivity contribution in [3.05, 3.63) is 40.9 Å². The Hall–Kier alpha value is -2.98. The topological polar surface area (TPSA) is 120 Å². The number of benzene rings is 2.